The molecule has 1 aromatic rings. The lowest BCUT2D eigenvalue weighted by molar-refractivity contribution is 0.0686. The van der Waals surface area contributed by atoms with Gasteiger partial charge in [0, 0.05) is 24.3 Å². The van der Waals surface area contributed by atoms with Crippen molar-refractivity contribution in [2.24, 2.45) is 5.92 Å². The summed E-state index contributed by atoms with van der Waals surface area (Å²) in [7, 11) is 0. The minimum Gasteiger partial charge on any atom is -0.384 e. The first-order chi connectivity index (χ1) is 9.10. The molecule has 0 aliphatic carbocycles. The van der Waals surface area contributed by atoms with Crippen LogP contribution in [0, 0.1) is 12.8 Å². The van der Waals surface area contributed by atoms with Gasteiger partial charge in [-0.3, -0.25) is 4.79 Å². The predicted molar refractivity (Wildman–Crippen MR) is 76.9 cm³/mol. The van der Waals surface area contributed by atoms with Gasteiger partial charge in [-0.25, -0.2) is 4.98 Å². The van der Waals surface area contributed by atoms with Gasteiger partial charge in [-0.15, -0.1) is 0 Å². The Morgan fingerprint density at radius 1 is 1.42 bits per heavy atom. The fraction of sp³-hybridized carbons (Fsp3) is 0.600. The van der Waals surface area contributed by atoms with Crippen LogP contribution in [-0.2, 0) is 0 Å². The van der Waals surface area contributed by atoms with E-state index < -0.39 is 0 Å². The highest BCUT2D eigenvalue weighted by atomic mass is 16.2. The van der Waals surface area contributed by atoms with Crippen LogP contribution in [0.3, 0.4) is 0 Å². The van der Waals surface area contributed by atoms with Crippen molar-refractivity contribution in [1.82, 2.24) is 9.88 Å². The number of amides is 1. The molecule has 4 heteroatoms. The SMILES string of the molecule is CCCC1CCN(C(=O)c2cc(C)nc(N)c2)CC1. The maximum absolute atomic E-state index is 12.4. The topological polar surface area (TPSA) is 59.2 Å². The molecule has 2 rings (SSSR count). The smallest absolute Gasteiger partial charge is 0.254 e. The van der Waals surface area contributed by atoms with E-state index >= 15 is 0 Å². The fourth-order valence-electron chi connectivity index (χ4n) is 2.83. The summed E-state index contributed by atoms with van der Waals surface area (Å²) in [5, 5.41) is 0. The number of pyridine rings is 1. The Morgan fingerprint density at radius 3 is 2.68 bits per heavy atom. The quantitative estimate of drug-likeness (QED) is 0.910. The summed E-state index contributed by atoms with van der Waals surface area (Å²) in [4.78, 5) is 18.5. The van der Waals surface area contributed by atoms with Crippen LogP contribution in [0.15, 0.2) is 12.1 Å². The molecule has 0 unspecified atom stereocenters. The molecule has 1 aromatic heterocycles. The number of nitrogen functional groups attached to an aromatic ring is 1. The second-order valence-corrected chi connectivity index (χ2v) is 5.45. The third-order valence-corrected chi connectivity index (χ3v) is 3.82. The summed E-state index contributed by atoms with van der Waals surface area (Å²) in [6.45, 7) is 5.82. The van der Waals surface area contributed by atoms with Gasteiger partial charge in [-0.1, -0.05) is 19.8 Å². The Hall–Kier alpha value is -1.58. The molecule has 4 nitrogen and oxygen atoms in total. The molecule has 1 aliphatic rings. The van der Waals surface area contributed by atoms with Crippen molar-refractivity contribution < 1.29 is 4.79 Å². The summed E-state index contributed by atoms with van der Waals surface area (Å²) in [5.41, 5.74) is 7.17. The maximum Gasteiger partial charge on any atom is 0.254 e. The third kappa shape index (κ3) is 3.46. The number of aromatic nitrogens is 1. The molecule has 0 bridgehead atoms. The van der Waals surface area contributed by atoms with Crippen molar-refractivity contribution in [1.29, 1.82) is 0 Å². The first-order valence-corrected chi connectivity index (χ1v) is 7.13. The number of carbonyl (C=O) groups excluding carboxylic acids is 1. The Balaban J connectivity index is 2.01. The van der Waals surface area contributed by atoms with E-state index in [2.05, 4.69) is 11.9 Å². The molecule has 19 heavy (non-hydrogen) atoms. The highest BCUT2D eigenvalue weighted by Gasteiger charge is 2.23. The lowest BCUT2D eigenvalue weighted by atomic mass is 9.92. The van der Waals surface area contributed by atoms with E-state index in [-0.39, 0.29) is 5.91 Å². The van der Waals surface area contributed by atoms with Crippen LogP contribution >= 0.6 is 0 Å². The molecule has 0 aromatic carbocycles. The molecular formula is C15H23N3O. The number of hydrogen-bond donors (Lipinski definition) is 1. The van der Waals surface area contributed by atoms with Crippen molar-refractivity contribution in [3.05, 3.63) is 23.4 Å². The molecule has 2 heterocycles. The van der Waals surface area contributed by atoms with Gasteiger partial charge in [0.1, 0.15) is 5.82 Å². The highest BCUT2D eigenvalue weighted by molar-refractivity contribution is 5.95. The second kappa shape index (κ2) is 6.04. The first kappa shape index (κ1) is 13.8. The minimum absolute atomic E-state index is 0.0900. The Kier molecular flexibility index (Phi) is 4.40. The zero-order valence-electron chi connectivity index (χ0n) is 11.9. The lowest BCUT2D eigenvalue weighted by Gasteiger charge is -2.32. The standard InChI is InChI=1S/C15H23N3O/c1-3-4-12-5-7-18(8-6-12)15(19)13-9-11(2)17-14(16)10-13/h9-10,12H,3-8H2,1-2H3,(H2,16,17). The molecule has 1 fully saturated rings. The number of rotatable bonds is 3. The average molecular weight is 261 g/mol. The normalized spacial score (nSPS) is 16.6. The van der Waals surface area contributed by atoms with E-state index in [0.29, 0.717) is 11.4 Å². The van der Waals surface area contributed by atoms with Gasteiger partial charge >= 0.3 is 0 Å². The van der Waals surface area contributed by atoms with E-state index in [0.717, 1.165) is 37.5 Å². The monoisotopic (exact) mass is 261 g/mol. The van der Waals surface area contributed by atoms with Gasteiger partial charge in [-0.2, -0.15) is 0 Å². The number of nitrogens with zero attached hydrogens (tertiary/aromatic N) is 2. The molecule has 1 saturated heterocycles. The molecule has 1 amide bonds. The van der Waals surface area contributed by atoms with Crippen LogP contribution in [0.25, 0.3) is 0 Å². The minimum atomic E-state index is 0.0900. The molecule has 104 valence electrons. The van der Waals surface area contributed by atoms with Gasteiger partial charge in [0.2, 0.25) is 0 Å². The van der Waals surface area contributed by atoms with Crippen LogP contribution in [0.5, 0.6) is 0 Å². The molecule has 0 saturated carbocycles. The van der Waals surface area contributed by atoms with Gasteiger partial charge in [0.05, 0.1) is 0 Å². The predicted octanol–water partition coefficient (Wildman–Crippen LogP) is 2.62. The van der Waals surface area contributed by atoms with E-state index in [1.165, 1.54) is 12.8 Å². The number of hydrogen-bond acceptors (Lipinski definition) is 3. The zero-order chi connectivity index (χ0) is 13.8. The van der Waals surface area contributed by atoms with Crippen LogP contribution in [-0.4, -0.2) is 28.9 Å². The van der Waals surface area contributed by atoms with Gasteiger partial charge in [0.25, 0.3) is 5.91 Å². The number of aryl methyl sites for hydroxylation is 1. The Bertz CT molecular complexity index is 430. The van der Waals surface area contributed by atoms with E-state index in [1.807, 2.05) is 17.9 Å². The van der Waals surface area contributed by atoms with Crippen molar-refractivity contribution in [3.63, 3.8) is 0 Å². The van der Waals surface area contributed by atoms with Crippen LogP contribution in [0.2, 0.25) is 0 Å². The van der Waals surface area contributed by atoms with Crippen molar-refractivity contribution in [2.75, 3.05) is 18.8 Å². The summed E-state index contributed by atoms with van der Waals surface area (Å²) in [5.74, 6) is 1.30. The van der Waals surface area contributed by atoms with Gasteiger partial charge < -0.3 is 10.6 Å². The summed E-state index contributed by atoms with van der Waals surface area (Å²) in [6, 6.07) is 3.49. The summed E-state index contributed by atoms with van der Waals surface area (Å²) >= 11 is 0. The maximum atomic E-state index is 12.4. The van der Waals surface area contributed by atoms with E-state index in [1.54, 1.807) is 6.07 Å². The molecule has 2 N–H and O–H groups in total. The number of nitrogens with two attached hydrogens (primary N) is 1. The Labute approximate surface area is 115 Å². The third-order valence-electron chi connectivity index (χ3n) is 3.82. The van der Waals surface area contributed by atoms with Crippen molar-refractivity contribution in [3.8, 4) is 0 Å². The number of piperidine rings is 1. The zero-order valence-corrected chi connectivity index (χ0v) is 11.9. The largest absolute Gasteiger partial charge is 0.384 e. The molecule has 0 spiro atoms. The van der Waals surface area contributed by atoms with Crippen molar-refractivity contribution >= 4 is 11.7 Å². The molecule has 0 radical (unpaired) electrons. The van der Waals surface area contributed by atoms with E-state index in [4.69, 9.17) is 5.73 Å². The van der Waals surface area contributed by atoms with Crippen molar-refractivity contribution in [2.45, 2.75) is 39.5 Å². The number of anilines is 1. The van der Waals surface area contributed by atoms with Crippen LogP contribution in [0.4, 0.5) is 5.82 Å². The van der Waals surface area contributed by atoms with Crippen LogP contribution in [0.1, 0.15) is 48.7 Å². The highest BCUT2D eigenvalue weighted by Crippen LogP contribution is 2.23. The van der Waals surface area contributed by atoms with E-state index in [9.17, 15) is 4.79 Å². The van der Waals surface area contributed by atoms with Crippen LogP contribution < -0.4 is 5.73 Å². The molecule has 0 atom stereocenters. The number of likely N-dealkylation sites (tertiary alicyclic amines) is 1. The summed E-state index contributed by atoms with van der Waals surface area (Å²) < 4.78 is 0. The van der Waals surface area contributed by atoms with Gasteiger partial charge in [0.15, 0.2) is 0 Å². The number of carbonyl (C=O) groups is 1. The molecular weight excluding hydrogens is 238 g/mol. The second-order valence-electron chi connectivity index (χ2n) is 5.45. The first-order valence-electron chi connectivity index (χ1n) is 7.13. The summed E-state index contributed by atoms with van der Waals surface area (Å²) in [6.07, 6.45) is 4.76. The lowest BCUT2D eigenvalue weighted by Crippen LogP contribution is -2.38. The Morgan fingerprint density at radius 2 is 2.11 bits per heavy atom. The fourth-order valence-corrected chi connectivity index (χ4v) is 2.83. The average Bonchev–Trinajstić information content (AvgIpc) is 2.38. The van der Waals surface area contributed by atoms with Gasteiger partial charge in [-0.05, 0) is 37.8 Å². The molecule has 1 aliphatic heterocycles.